The Morgan fingerprint density at radius 3 is 2.80 bits per heavy atom. The molecule has 0 saturated carbocycles. The minimum absolute atomic E-state index is 0.0580. The van der Waals surface area contributed by atoms with Crippen LogP contribution in [0.1, 0.15) is 31.0 Å². The Morgan fingerprint density at radius 1 is 1.20 bits per heavy atom. The van der Waals surface area contributed by atoms with Crippen molar-refractivity contribution in [3.63, 3.8) is 0 Å². The van der Waals surface area contributed by atoms with Crippen molar-refractivity contribution >= 4 is 40.0 Å². The monoisotopic (exact) mass is 371 g/mol. The van der Waals surface area contributed by atoms with Gasteiger partial charge in [0.25, 0.3) is 0 Å². The largest absolute Gasteiger partial charge is 0.379 e. The average Bonchev–Trinajstić information content (AvgIpc) is 3.27. The van der Waals surface area contributed by atoms with Crippen molar-refractivity contribution in [2.45, 2.75) is 33.2 Å². The molecule has 130 valence electrons. The van der Waals surface area contributed by atoms with Gasteiger partial charge in [0.1, 0.15) is 5.01 Å². The molecule has 3 aromatic rings. The number of carbonyl (C=O) groups excluding carboxylic acids is 1. The number of carbonyl (C=O) groups is 1. The number of thiazole rings is 1. The van der Waals surface area contributed by atoms with Gasteiger partial charge in [-0.1, -0.05) is 13.0 Å². The predicted molar refractivity (Wildman–Crippen MR) is 107 cm³/mol. The molecule has 6 heteroatoms. The highest BCUT2D eigenvalue weighted by molar-refractivity contribution is 7.14. The summed E-state index contributed by atoms with van der Waals surface area (Å²) in [7, 11) is 0. The fourth-order valence-corrected chi connectivity index (χ4v) is 4.03. The van der Waals surface area contributed by atoms with E-state index >= 15 is 0 Å². The molecule has 0 aliphatic carbocycles. The highest BCUT2D eigenvalue weighted by atomic mass is 32.1. The summed E-state index contributed by atoms with van der Waals surface area (Å²) in [5.41, 5.74) is 5.12. The van der Waals surface area contributed by atoms with E-state index in [9.17, 15) is 4.79 Å². The molecule has 1 aromatic carbocycles. The number of rotatable bonds is 7. The summed E-state index contributed by atoms with van der Waals surface area (Å²) >= 11 is 3.34. The van der Waals surface area contributed by atoms with E-state index in [1.807, 2.05) is 32.0 Å². The lowest BCUT2D eigenvalue weighted by molar-refractivity contribution is -0.116. The van der Waals surface area contributed by atoms with Crippen LogP contribution in [0, 0.1) is 6.92 Å². The fraction of sp³-hybridized carbons (Fsp3) is 0.263. The van der Waals surface area contributed by atoms with E-state index in [2.05, 4.69) is 37.8 Å². The number of thiophene rings is 1. The summed E-state index contributed by atoms with van der Waals surface area (Å²) in [4.78, 5) is 16.5. The van der Waals surface area contributed by atoms with Crippen LogP contribution in [0.15, 0.2) is 40.4 Å². The fourth-order valence-electron chi connectivity index (χ4n) is 2.50. The molecular weight excluding hydrogens is 350 g/mol. The Labute approximate surface area is 155 Å². The Kier molecular flexibility index (Phi) is 5.83. The first-order valence-corrected chi connectivity index (χ1v) is 10.1. The van der Waals surface area contributed by atoms with Gasteiger partial charge in [0, 0.05) is 34.1 Å². The Bertz CT molecular complexity index is 840. The van der Waals surface area contributed by atoms with Crippen LogP contribution in [0.5, 0.6) is 0 Å². The van der Waals surface area contributed by atoms with Gasteiger partial charge in [-0.25, -0.2) is 4.98 Å². The van der Waals surface area contributed by atoms with E-state index in [4.69, 9.17) is 0 Å². The lowest BCUT2D eigenvalue weighted by Gasteiger charge is -2.13. The van der Waals surface area contributed by atoms with E-state index in [0.29, 0.717) is 13.0 Å². The maximum Gasteiger partial charge on any atom is 0.224 e. The first-order chi connectivity index (χ1) is 12.2. The number of nitrogens with zero attached hydrogens (tertiary/aromatic N) is 1. The van der Waals surface area contributed by atoms with E-state index in [1.54, 1.807) is 22.7 Å². The van der Waals surface area contributed by atoms with Gasteiger partial charge in [0.2, 0.25) is 5.91 Å². The molecule has 25 heavy (non-hydrogen) atoms. The Balaban J connectivity index is 1.66. The highest BCUT2D eigenvalue weighted by Crippen LogP contribution is 2.27. The SMILES string of the molecule is CCCC(=O)Nc1cccc(NCc2csc(-c3ccsc3)n2)c1C. The van der Waals surface area contributed by atoms with Crippen LogP contribution in [-0.4, -0.2) is 10.9 Å². The third kappa shape index (κ3) is 4.46. The van der Waals surface area contributed by atoms with Gasteiger partial charge >= 0.3 is 0 Å². The minimum Gasteiger partial charge on any atom is -0.379 e. The summed E-state index contributed by atoms with van der Waals surface area (Å²) in [5.74, 6) is 0.0580. The van der Waals surface area contributed by atoms with Crippen molar-refractivity contribution in [2.75, 3.05) is 10.6 Å². The summed E-state index contributed by atoms with van der Waals surface area (Å²) in [5, 5.41) is 13.7. The second-order valence-electron chi connectivity index (χ2n) is 5.79. The van der Waals surface area contributed by atoms with Crippen LogP contribution < -0.4 is 10.6 Å². The van der Waals surface area contributed by atoms with Gasteiger partial charge in [0.05, 0.1) is 12.2 Å². The first-order valence-electron chi connectivity index (χ1n) is 8.27. The van der Waals surface area contributed by atoms with Crippen LogP contribution in [0.25, 0.3) is 10.6 Å². The molecule has 0 atom stereocenters. The number of amides is 1. The van der Waals surface area contributed by atoms with Crippen molar-refractivity contribution in [1.29, 1.82) is 0 Å². The van der Waals surface area contributed by atoms with Crippen molar-refractivity contribution in [3.8, 4) is 10.6 Å². The van der Waals surface area contributed by atoms with E-state index in [-0.39, 0.29) is 5.91 Å². The Morgan fingerprint density at radius 2 is 2.04 bits per heavy atom. The maximum atomic E-state index is 11.8. The molecule has 0 bridgehead atoms. The molecule has 2 aromatic heterocycles. The van der Waals surface area contributed by atoms with E-state index in [1.165, 1.54) is 5.56 Å². The zero-order valence-corrected chi connectivity index (χ0v) is 16.0. The molecule has 0 radical (unpaired) electrons. The molecular formula is C19H21N3OS2. The van der Waals surface area contributed by atoms with Crippen molar-refractivity contribution in [1.82, 2.24) is 4.98 Å². The standard InChI is InChI=1S/C19H21N3OS2/c1-3-5-18(23)22-17-7-4-6-16(13(17)2)20-10-15-12-25-19(21-15)14-8-9-24-11-14/h4,6-9,11-12,20H,3,5,10H2,1-2H3,(H,22,23). The van der Waals surface area contributed by atoms with Gasteiger partial charge < -0.3 is 10.6 Å². The molecule has 0 aliphatic rings. The number of benzene rings is 1. The zero-order chi connectivity index (χ0) is 17.6. The number of aromatic nitrogens is 1. The molecule has 0 saturated heterocycles. The average molecular weight is 372 g/mol. The maximum absolute atomic E-state index is 11.8. The minimum atomic E-state index is 0.0580. The third-order valence-corrected chi connectivity index (χ3v) is 5.49. The normalized spacial score (nSPS) is 10.6. The smallest absolute Gasteiger partial charge is 0.224 e. The quantitative estimate of drug-likeness (QED) is 0.574. The molecule has 3 rings (SSSR count). The van der Waals surface area contributed by atoms with Crippen molar-refractivity contribution in [3.05, 3.63) is 51.7 Å². The summed E-state index contributed by atoms with van der Waals surface area (Å²) in [6.45, 7) is 4.68. The van der Waals surface area contributed by atoms with Crippen LogP contribution in [0.3, 0.4) is 0 Å². The van der Waals surface area contributed by atoms with E-state index < -0.39 is 0 Å². The molecule has 0 fully saturated rings. The van der Waals surface area contributed by atoms with E-state index in [0.717, 1.165) is 34.1 Å². The van der Waals surface area contributed by atoms with Gasteiger partial charge in [-0.2, -0.15) is 11.3 Å². The topological polar surface area (TPSA) is 54.0 Å². The van der Waals surface area contributed by atoms with Crippen molar-refractivity contribution in [2.24, 2.45) is 0 Å². The molecule has 0 aliphatic heterocycles. The lowest BCUT2D eigenvalue weighted by atomic mass is 10.1. The predicted octanol–water partition coefficient (Wildman–Crippen LogP) is 5.53. The summed E-state index contributed by atoms with van der Waals surface area (Å²) in [6, 6.07) is 8.00. The second-order valence-corrected chi connectivity index (χ2v) is 7.42. The Hall–Kier alpha value is -2.18. The molecule has 2 N–H and O–H groups in total. The molecule has 0 spiro atoms. The van der Waals surface area contributed by atoms with Crippen LogP contribution in [0.2, 0.25) is 0 Å². The first kappa shape index (κ1) is 17.6. The third-order valence-electron chi connectivity index (χ3n) is 3.86. The lowest BCUT2D eigenvalue weighted by Crippen LogP contribution is -2.12. The molecule has 1 amide bonds. The van der Waals surface area contributed by atoms with Crippen LogP contribution in [0.4, 0.5) is 11.4 Å². The van der Waals surface area contributed by atoms with Gasteiger partial charge in [0.15, 0.2) is 0 Å². The second kappa shape index (κ2) is 8.27. The number of hydrogen-bond donors (Lipinski definition) is 2. The van der Waals surface area contributed by atoms with Gasteiger partial charge in [-0.3, -0.25) is 4.79 Å². The van der Waals surface area contributed by atoms with Gasteiger partial charge in [-0.15, -0.1) is 11.3 Å². The summed E-state index contributed by atoms with van der Waals surface area (Å²) in [6.07, 6.45) is 1.39. The van der Waals surface area contributed by atoms with Crippen molar-refractivity contribution < 1.29 is 4.79 Å². The summed E-state index contributed by atoms with van der Waals surface area (Å²) < 4.78 is 0. The molecule has 0 unspecified atom stereocenters. The number of nitrogens with one attached hydrogen (secondary N) is 2. The molecule has 2 heterocycles. The molecule has 4 nitrogen and oxygen atoms in total. The number of anilines is 2. The van der Waals surface area contributed by atoms with Crippen LogP contribution >= 0.6 is 22.7 Å². The highest BCUT2D eigenvalue weighted by Gasteiger charge is 2.09. The number of hydrogen-bond acceptors (Lipinski definition) is 5. The van der Waals surface area contributed by atoms with Gasteiger partial charge in [-0.05, 0) is 42.5 Å². The zero-order valence-electron chi connectivity index (χ0n) is 14.3. The van der Waals surface area contributed by atoms with Crippen LogP contribution in [-0.2, 0) is 11.3 Å².